The van der Waals surface area contributed by atoms with Crippen LogP contribution in [-0.4, -0.2) is 34.9 Å². The minimum Gasteiger partial charge on any atom is -0.394 e. The summed E-state index contributed by atoms with van der Waals surface area (Å²) in [6.07, 6.45) is 41.3. The zero-order valence-corrected chi connectivity index (χ0v) is 27.6. The Labute approximate surface area is 256 Å². The summed E-state index contributed by atoms with van der Waals surface area (Å²) in [5.41, 5.74) is 0. The van der Waals surface area contributed by atoms with Crippen molar-refractivity contribution in [1.82, 2.24) is 5.32 Å². The van der Waals surface area contributed by atoms with E-state index in [9.17, 15) is 15.0 Å². The fourth-order valence-electron chi connectivity index (χ4n) is 5.37. The van der Waals surface area contributed by atoms with Crippen LogP contribution in [0.1, 0.15) is 187 Å². The van der Waals surface area contributed by atoms with Crippen LogP contribution in [0.25, 0.3) is 0 Å². The van der Waals surface area contributed by atoms with Gasteiger partial charge in [0.15, 0.2) is 0 Å². The van der Waals surface area contributed by atoms with Crippen molar-refractivity contribution < 1.29 is 15.0 Å². The highest BCUT2D eigenvalue weighted by Crippen LogP contribution is 2.14. The van der Waals surface area contributed by atoms with Crippen molar-refractivity contribution >= 4 is 5.91 Å². The molecule has 0 saturated carbocycles. The smallest absolute Gasteiger partial charge is 0.220 e. The van der Waals surface area contributed by atoms with Gasteiger partial charge < -0.3 is 15.5 Å². The molecule has 0 radical (unpaired) electrons. The molecule has 0 aromatic carbocycles. The second kappa shape index (κ2) is 33.4. The number of aliphatic hydroxyl groups is 2. The summed E-state index contributed by atoms with van der Waals surface area (Å²) < 4.78 is 0. The van der Waals surface area contributed by atoms with E-state index in [4.69, 9.17) is 0 Å². The molecule has 0 bridgehead atoms. The Morgan fingerprint density at radius 3 is 1.41 bits per heavy atom. The van der Waals surface area contributed by atoms with Gasteiger partial charge in [-0.25, -0.2) is 0 Å². The predicted octanol–water partition coefficient (Wildman–Crippen LogP) is 10.5. The highest BCUT2D eigenvalue weighted by atomic mass is 16.3. The van der Waals surface area contributed by atoms with Crippen molar-refractivity contribution in [1.29, 1.82) is 0 Å². The first-order chi connectivity index (χ1) is 20.2. The molecule has 0 fully saturated rings. The highest BCUT2D eigenvalue weighted by molar-refractivity contribution is 5.76. The van der Waals surface area contributed by atoms with Crippen molar-refractivity contribution in [3.63, 3.8) is 0 Å². The standard InChI is InChI=1S/C37H71NO3/c1-3-5-7-9-11-13-14-15-16-17-18-19-20-21-22-23-24-25-26-28-30-32-36(40)35(34-39)38-37(41)33-31-29-27-12-10-8-6-4-2/h24-25,30,32,35-36,39-40H,3-23,26-29,31,33-34H2,1-2H3,(H,38,41)/b25-24+,32-30+. The van der Waals surface area contributed by atoms with Crippen molar-refractivity contribution in [3.05, 3.63) is 24.3 Å². The number of amides is 1. The molecule has 0 aliphatic carbocycles. The first-order valence-electron chi connectivity index (χ1n) is 18.1. The minimum absolute atomic E-state index is 0.0794. The van der Waals surface area contributed by atoms with Crippen LogP contribution in [0.5, 0.6) is 0 Å². The molecule has 3 N–H and O–H groups in total. The predicted molar refractivity (Wildman–Crippen MR) is 179 cm³/mol. The Kier molecular flexibility index (Phi) is 32.5. The molecule has 4 nitrogen and oxygen atoms in total. The van der Waals surface area contributed by atoms with Gasteiger partial charge in [-0.05, 0) is 32.1 Å². The van der Waals surface area contributed by atoms with Crippen molar-refractivity contribution in [2.24, 2.45) is 0 Å². The van der Waals surface area contributed by atoms with E-state index in [2.05, 4.69) is 31.3 Å². The SMILES string of the molecule is CCCCCCCCCCCCCCCCC/C=C/CC/C=C/C(O)C(CO)NC(=O)CCCCCCCCCC. The summed E-state index contributed by atoms with van der Waals surface area (Å²) >= 11 is 0. The molecule has 41 heavy (non-hydrogen) atoms. The lowest BCUT2D eigenvalue weighted by Gasteiger charge is -2.19. The summed E-state index contributed by atoms with van der Waals surface area (Å²) in [4.78, 5) is 12.2. The van der Waals surface area contributed by atoms with Crippen molar-refractivity contribution in [2.45, 2.75) is 199 Å². The molecule has 1 amide bonds. The Morgan fingerprint density at radius 1 is 0.561 bits per heavy atom. The number of nitrogens with one attached hydrogen (secondary N) is 1. The van der Waals surface area contributed by atoms with E-state index in [1.165, 1.54) is 135 Å². The van der Waals surface area contributed by atoms with E-state index in [1.54, 1.807) is 6.08 Å². The van der Waals surface area contributed by atoms with E-state index in [1.807, 2.05) is 6.08 Å². The number of carbonyl (C=O) groups excluding carboxylic acids is 1. The van der Waals surface area contributed by atoms with Gasteiger partial charge in [-0.15, -0.1) is 0 Å². The van der Waals surface area contributed by atoms with Gasteiger partial charge in [0.25, 0.3) is 0 Å². The largest absolute Gasteiger partial charge is 0.394 e. The summed E-state index contributed by atoms with van der Waals surface area (Å²) in [5, 5.41) is 22.8. The fraction of sp³-hybridized carbons (Fsp3) is 0.865. The van der Waals surface area contributed by atoms with Gasteiger partial charge in [0.2, 0.25) is 5.91 Å². The normalized spacial score (nSPS) is 13.4. The zero-order chi connectivity index (χ0) is 30.1. The number of aliphatic hydroxyl groups excluding tert-OH is 2. The summed E-state index contributed by atoms with van der Waals surface area (Å²) in [5.74, 6) is -0.0794. The molecule has 0 aliphatic heterocycles. The number of unbranched alkanes of at least 4 members (excludes halogenated alkanes) is 23. The Morgan fingerprint density at radius 2 is 0.951 bits per heavy atom. The van der Waals surface area contributed by atoms with Crippen LogP contribution in [0.3, 0.4) is 0 Å². The Balaban J connectivity index is 3.60. The molecule has 4 heteroatoms. The molecule has 0 rings (SSSR count). The van der Waals surface area contributed by atoms with Crippen LogP contribution < -0.4 is 5.32 Å². The molecular weight excluding hydrogens is 506 g/mol. The maximum absolute atomic E-state index is 12.2. The average molecular weight is 578 g/mol. The fourth-order valence-corrected chi connectivity index (χ4v) is 5.37. The maximum atomic E-state index is 12.2. The third kappa shape index (κ3) is 30.1. The third-order valence-electron chi connectivity index (χ3n) is 8.19. The third-order valence-corrected chi connectivity index (χ3v) is 8.19. The van der Waals surface area contributed by atoms with Gasteiger partial charge in [0, 0.05) is 6.42 Å². The van der Waals surface area contributed by atoms with Crippen LogP contribution >= 0.6 is 0 Å². The lowest BCUT2D eigenvalue weighted by Crippen LogP contribution is -2.45. The maximum Gasteiger partial charge on any atom is 0.220 e. The van der Waals surface area contributed by atoms with Crippen LogP contribution in [0.15, 0.2) is 24.3 Å². The number of rotatable bonds is 32. The van der Waals surface area contributed by atoms with E-state index in [0.29, 0.717) is 6.42 Å². The van der Waals surface area contributed by atoms with Crippen LogP contribution in [0.4, 0.5) is 0 Å². The number of allylic oxidation sites excluding steroid dienone is 3. The first kappa shape index (κ1) is 39.9. The van der Waals surface area contributed by atoms with E-state index >= 15 is 0 Å². The molecular formula is C37H71NO3. The lowest BCUT2D eigenvalue weighted by atomic mass is 10.0. The molecule has 2 unspecified atom stereocenters. The van der Waals surface area contributed by atoms with Gasteiger partial charge in [0.05, 0.1) is 18.8 Å². The van der Waals surface area contributed by atoms with Gasteiger partial charge >= 0.3 is 0 Å². The van der Waals surface area contributed by atoms with Gasteiger partial charge in [-0.1, -0.05) is 173 Å². The van der Waals surface area contributed by atoms with E-state index in [-0.39, 0.29) is 12.5 Å². The Hall–Kier alpha value is -1.13. The molecule has 0 aromatic rings. The highest BCUT2D eigenvalue weighted by Gasteiger charge is 2.17. The van der Waals surface area contributed by atoms with Gasteiger partial charge in [-0.3, -0.25) is 4.79 Å². The Bertz CT molecular complexity index is 589. The summed E-state index contributed by atoms with van der Waals surface area (Å²) in [6.45, 7) is 4.26. The van der Waals surface area contributed by atoms with Crippen molar-refractivity contribution in [2.75, 3.05) is 6.61 Å². The van der Waals surface area contributed by atoms with Crippen LogP contribution in [0, 0.1) is 0 Å². The number of hydrogen-bond acceptors (Lipinski definition) is 3. The first-order valence-corrected chi connectivity index (χ1v) is 18.1. The average Bonchev–Trinajstić information content (AvgIpc) is 2.97. The quantitative estimate of drug-likeness (QED) is 0.0550. The lowest BCUT2D eigenvalue weighted by molar-refractivity contribution is -0.123. The van der Waals surface area contributed by atoms with Crippen LogP contribution in [-0.2, 0) is 4.79 Å². The molecule has 2 atom stereocenters. The second-order valence-corrected chi connectivity index (χ2v) is 12.3. The topological polar surface area (TPSA) is 69.6 Å². The van der Waals surface area contributed by atoms with E-state index in [0.717, 1.165) is 32.1 Å². The molecule has 0 spiro atoms. The van der Waals surface area contributed by atoms with Crippen molar-refractivity contribution in [3.8, 4) is 0 Å². The monoisotopic (exact) mass is 578 g/mol. The number of hydrogen-bond donors (Lipinski definition) is 3. The molecule has 0 aromatic heterocycles. The van der Waals surface area contributed by atoms with Crippen LogP contribution in [0.2, 0.25) is 0 Å². The second-order valence-electron chi connectivity index (χ2n) is 12.3. The van der Waals surface area contributed by atoms with E-state index < -0.39 is 12.1 Å². The molecule has 0 aliphatic rings. The van der Waals surface area contributed by atoms with Gasteiger partial charge in [-0.2, -0.15) is 0 Å². The number of carbonyl (C=O) groups is 1. The summed E-state index contributed by atoms with van der Waals surface area (Å²) in [6, 6.07) is -0.631. The zero-order valence-electron chi connectivity index (χ0n) is 27.6. The molecule has 242 valence electrons. The minimum atomic E-state index is -0.855. The summed E-state index contributed by atoms with van der Waals surface area (Å²) in [7, 11) is 0. The van der Waals surface area contributed by atoms with Gasteiger partial charge in [0.1, 0.15) is 0 Å². The molecule has 0 saturated heterocycles. The molecule has 0 heterocycles.